The van der Waals surface area contributed by atoms with Gasteiger partial charge in [-0.1, -0.05) is 55.8 Å². The van der Waals surface area contributed by atoms with E-state index in [0.717, 1.165) is 27.3 Å². The average Bonchev–Trinajstić information content (AvgIpc) is 3.07. The van der Waals surface area contributed by atoms with Gasteiger partial charge in [0.15, 0.2) is 0 Å². The molecule has 4 rings (SSSR count). The van der Waals surface area contributed by atoms with Crippen molar-refractivity contribution in [2.45, 2.75) is 19.8 Å². The van der Waals surface area contributed by atoms with E-state index in [-0.39, 0.29) is 0 Å². The van der Waals surface area contributed by atoms with Crippen molar-refractivity contribution < 1.29 is 0 Å². The smallest absolute Gasteiger partial charge is 0.143 e. The molecule has 5 heteroatoms. The van der Waals surface area contributed by atoms with E-state index in [1.807, 2.05) is 24.3 Å². The molecule has 0 radical (unpaired) electrons. The Kier molecular flexibility index (Phi) is 4.62. The Hall–Kier alpha value is -2.43. The zero-order valence-electron chi connectivity index (χ0n) is 14.5. The van der Waals surface area contributed by atoms with Gasteiger partial charge in [0, 0.05) is 21.7 Å². The molecule has 0 bridgehead atoms. The minimum absolute atomic E-state index is 0.520. The van der Waals surface area contributed by atoms with Crippen LogP contribution in [0.15, 0.2) is 60.2 Å². The molecule has 0 aliphatic heterocycles. The molecule has 0 unspecified atom stereocenters. The fraction of sp³-hybridized carbons (Fsp3) is 0.143. The molecule has 130 valence electrons. The molecule has 0 spiro atoms. The average molecular weight is 380 g/mol. The fourth-order valence-corrected chi connectivity index (χ4v) is 4.04. The number of hydrogen-bond acceptors (Lipinski definition) is 4. The number of anilines is 2. The summed E-state index contributed by atoms with van der Waals surface area (Å²) in [5.41, 5.74) is 4.56. The van der Waals surface area contributed by atoms with Crippen LogP contribution in [0.3, 0.4) is 0 Å². The van der Waals surface area contributed by atoms with E-state index < -0.39 is 0 Å². The van der Waals surface area contributed by atoms with Crippen LogP contribution in [0.1, 0.15) is 25.3 Å². The predicted octanol–water partition coefficient (Wildman–Crippen LogP) is 6.88. The van der Waals surface area contributed by atoms with E-state index in [9.17, 15) is 0 Å². The third-order valence-electron chi connectivity index (χ3n) is 4.35. The second kappa shape index (κ2) is 7.06. The SMILES string of the molecule is CC(C)c1ccc(-c2csc3ncnc(Nc4cccc(Cl)c4)c23)cc1. The maximum atomic E-state index is 6.10. The number of hydrogen-bond donors (Lipinski definition) is 1. The van der Waals surface area contributed by atoms with Crippen molar-refractivity contribution in [2.75, 3.05) is 5.32 Å². The van der Waals surface area contributed by atoms with Gasteiger partial charge in [0.1, 0.15) is 17.0 Å². The van der Waals surface area contributed by atoms with E-state index >= 15 is 0 Å². The third kappa shape index (κ3) is 3.30. The van der Waals surface area contributed by atoms with Crippen molar-refractivity contribution in [3.8, 4) is 11.1 Å². The summed E-state index contributed by atoms with van der Waals surface area (Å²) in [6.07, 6.45) is 1.59. The first-order valence-corrected chi connectivity index (χ1v) is 9.72. The summed E-state index contributed by atoms with van der Waals surface area (Å²) in [4.78, 5) is 9.88. The lowest BCUT2D eigenvalue weighted by atomic mass is 9.99. The van der Waals surface area contributed by atoms with Crippen LogP contribution in [0.5, 0.6) is 0 Å². The van der Waals surface area contributed by atoms with Gasteiger partial charge in [0.2, 0.25) is 0 Å². The number of benzene rings is 2. The number of aromatic nitrogens is 2. The van der Waals surface area contributed by atoms with Gasteiger partial charge in [0.05, 0.1) is 5.39 Å². The van der Waals surface area contributed by atoms with Crippen LogP contribution in [0.25, 0.3) is 21.3 Å². The van der Waals surface area contributed by atoms with Crippen LogP contribution < -0.4 is 5.32 Å². The Morgan fingerprint density at radius 1 is 1.04 bits per heavy atom. The minimum atomic E-state index is 0.520. The van der Waals surface area contributed by atoms with Crippen molar-refractivity contribution in [1.29, 1.82) is 0 Å². The van der Waals surface area contributed by atoms with Crippen LogP contribution in [-0.4, -0.2) is 9.97 Å². The highest BCUT2D eigenvalue weighted by atomic mass is 35.5. The predicted molar refractivity (Wildman–Crippen MR) is 112 cm³/mol. The summed E-state index contributed by atoms with van der Waals surface area (Å²) in [5, 5.41) is 7.26. The molecule has 2 aromatic carbocycles. The Bertz CT molecular complexity index is 1050. The van der Waals surface area contributed by atoms with Gasteiger partial charge in [-0.2, -0.15) is 0 Å². The molecule has 2 aromatic heterocycles. The molecule has 0 aliphatic carbocycles. The zero-order chi connectivity index (χ0) is 18.1. The van der Waals surface area contributed by atoms with E-state index in [1.54, 1.807) is 17.7 Å². The number of halogens is 1. The first-order chi connectivity index (χ1) is 12.6. The monoisotopic (exact) mass is 379 g/mol. The molecule has 3 nitrogen and oxygen atoms in total. The van der Waals surface area contributed by atoms with Crippen LogP contribution in [0.4, 0.5) is 11.5 Å². The van der Waals surface area contributed by atoms with E-state index in [1.165, 1.54) is 11.1 Å². The van der Waals surface area contributed by atoms with Gasteiger partial charge in [0.25, 0.3) is 0 Å². The first kappa shape index (κ1) is 17.0. The first-order valence-electron chi connectivity index (χ1n) is 8.47. The third-order valence-corrected chi connectivity index (χ3v) is 5.47. The number of fused-ring (bicyclic) bond motifs is 1. The Labute approximate surface area is 161 Å². The lowest BCUT2D eigenvalue weighted by Gasteiger charge is -2.10. The number of nitrogens with one attached hydrogen (secondary N) is 1. The van der Waals surface area contributed by atoms with Crippen LogP contribution >= 0.6 is 22.9 Å². The Morgan fingerprint density at radius 2 is 1.85 bits per heavy atom. The van der Waals surface area contributed by atoms with Gasteiger partial charge in [-0.25, -0.2) is 9.97 Å². The molecule has 0 saturated carbocycles. The molecule has 0 amide bonds. The molecule has 0 fully saturated rings. The quantitative estimate of drug-likeness (QED) is 0.420. The number of thiophene rings is 1. The zero-order valence-corrected chi connectivity index (χ0v) is 16.1. The Morgan fingerprint density at radius 3 is 2.58 bits per heavy atom. The van der Waals surface area contributed by atoms with Crippen molar-refractivity contribution in [3.05, 3.63) is 70.8 Å². The van der Waals surface area contributed by atoms with Crippen molar-refractivity contribution in [3.63, 3.8) is 0 Å². The standard InChI is InChI=1S/C21H18ClN3S/c1-13(2)14-6-8-15(9-7-14)18-11-26-21-19(18)20(23-12-24-21)25-17-5-3-4-16(22)10-17/h3-13H,1-2H3,(H,23,24,25). The minimum Gasteiger partial charge on any atom is -0.340 e. The summed E-state index contributed by atoms with van der Waals surface area (Å²) in [6, 6.07) is 16.4. The van der Waals surface area contributed by atoms with Gasteiger partial charge in [-0.15, -0.1) is 11.3 Å². The summed E-state index contributed by atoms with van der Waals surface area (Å²) in [6.45, 7) is 4.41. The largest absolute Gasteiger partial charge is 0.340 e. The van der Waals surface area contributed by atoms with Crippen LogP contribution in [-0.2, 0) is 0 Å². The highest BCUT2D eigenvalue weighted by molar-refractivity contribution is 7.17. The maximum absolute atomic E-state index is 6.10. The number of nitrogens with zero attached hydrogens (tertiary/aromatic N) is 2. The summed E-state index contributed by atoms with van der Waals surface area (Å²) >= 11 is 7.73. The van der Waals surface area contributed by atoms with Crippen molar-refractivity contribution >= 4 is 44.7 Å². The van der Waals surface area contributed by atoms with E-state index in [2.05, 4.69) is 58.8 Å². The molecular formula is C21H18ClN3S. The highest BCUT2D eigenvalue weighted by Gasteiger charge is 2.13. The molecular weight excluding hydrogens is 362 g/mol. The molecule has 0 atom stereocenters. The topological polar surface area (TPSA) is 37.8 Å². The summed E-state index contributed by atoms with van der Waals surface area (Å²) in [5.74, 6) is 1.31. The van der Waals surface area contributed by atoms with Crippen LogP contribution in [0, 0.1) is 0 Å². The normalized spacial score (nSPS) is 11.2. The van der Waals surface area contributed by atoms with Gasteiger partial charge < -0.3 is 5.32 Å². The molecule has 0 saturated heterocycles. The van der Waals surface area contributed by atoms with Gasteiger partial charge in [-0.3, -0.25) is 0 Å². The fourth-order valence-electron chi connectivity index (χ4n) is 2.93. The summed E-state index contributed by atoms with van der Waals surface area (Å²) in [7, 11) is 0. The molecule has 2 heterocycles. The van der Waals surface area contributed by atoms with Gasteiger partial charge in [-0.05, 0) is 35.2 Å². The number of rotatable bonds is 4. The van der Waals surface area contributed by atoms with Gasteiger partial charge >= 0.3 is 0 Å². The van der Waals surface area contributed by atoms with E-state index in [4.69, 9.17) is 11.6 Å². The lowest BCUT2D eigenvalue weighted by molar-refractivity contribution is 0.867. The molecule has 26 heavy (non-hydrogen) atoms. The lowest BCUT2D eigenvalue weighted by Crippen LogP contribution is -1.95. The van der Waals surface area contributed by atoms with Crippen LogP contribution in [0.2, 0.25) is 5.02 Å². The second-order valence-electron chi connectivity index (χ2n) is 6.46. The van der Waals surface area contributed by atoms with Crippen molar-refractivity contribution in [1.82, 2.24) is 9.97 Å². The van der Waals surface area contributed by atoms with Crippen molar-refractivity contribution in [2.24, 2.45) is 0 Å². The maximum Gasteiger partial charge on any atom is 0.143 e. The molecule has 0 aliphatic rings. The second-order valence-corrected chi connectivity index (χ2v) is 7.76. The highest BCUT2D eigenvalue weighted by Crippen LogP contribution is 2.37. The molecule has 1 N–H and O–H groups in total. The summed E-state index contributed by atoms with van der Waals surface area (Å²) < 4.78 is 0. The van der Waals surface area contributed by atoms with E-state index in [0.29, 0.717) is 10.9 Å². The Balaban J connectivity index is 1.79. The molecule has 4 aromatic rings.